The molecule has 0 atom stereocenters. The molecular formula is C10H23ClN2O. The van der Waals surface area contributed by atoms with Gasteiger partial charge in [-0.25, -0.2) is 0 Å². The second-order valence-electron chi connectivity index (χ2n) is 3.56. The third kappa shape index (κ3) is 12.2. The molecule has 0 amide bonds. The fraction of sp³-hybridized carbons (Fsp3) is 1.00. The molecule has 1 N–H and O–H groups in total. The summed E-state index contributed by atoms with van der Waals surface area (Å²) in [6.07, 6.45) is 2.27. The lowest BCUT2D eigenvalue weighted by molar-refractivity contribution is 0.146. The summed E-state index contributed by atoms with van der Waals surface area (Å²) in [6.45, 7) is 4.76. The number of nitrogens with zero attached hydrogens (tertiary/aromatic N) is 1. The summed E-state index contributed by atoms with van der Waals surface area (Å²) < 4.78 is 5.25. The Labute approximate surface area is 92.8 Å². The van der Waals surface area contributed by atoms with Crippen molar-refractivity contribution in [1.29, 1.82) is 0 Å². The average Bonchev–Trinajstić information content (AvgIpc) is 2.15. The summed E-state index contributed by atoms with van der Waals surface area (Å²) in [5, 5.41) is 3.38. The largest absolute Gasteiger partial charge is 0.380 e. The molecule has 14 heavy (non-hydrogen) atoms. The number of halogens is 1. The van der Waals surface area contributed by atoms with Crippen LogP contribution < -0.4 is 5.32 Å². The zero-order valence-electron chi connectivity index (χ0n) is 9.39. The van der Waals surface area contributed by atoms with Gasteiger partial charge < -0.3 is 15.0 Å². The van der Waals surface area contributed by atoms with Gasteiger partial charge in [-0.05, 0) is 46.6 Å². The number of hydrogen-bond donors (Lipinski definition) is 1. The van der Waals surface area contributed by atoms with Gasteiger partial charge in [-0.2, -0.15) is 0 Å². The molecule has 0 aliphatic heterocycles. The molecule has 0 unspecified atom stereocenters. The third-order valence-corrected chi connectivity index (χ3v) is 1.98. The normalized spacial score (nSPS) is 11.1. The Balaban J connectivity index is 2.85. The number of nitrogens with one attached hydrogen (secondary N) is 1. The van der Waals surface area contributed by atoms with Gasteiger partial charge in [-0.1, -0.05) is 0 Å². The zero-order chi connectivity index (χ0) is 10.6. The molecule has 0 saturated heterocycles. The predicted molar refractivity (Wildman–Crippen MR) is 62.2 cm³/mol. The SMILES string of the molecule is CN(C)CCCNCCCOCCCl. The Morgan fingerprint density at radius 3 is 2.50 bits per heavy atom. The molecule has 0 aromatic carbocycles. The van der Waals surface area contributed by atoms with Gasteiger partial charge in [-0.15, -0.1) is 11.6 Å². The summed E-state index contributed by atoms with van der Waals surface area (Å²) in [5.41, 5.74) is 0. The Bertz CT molecular complexity index is 112. The smallest absolute Gasteiger partial charge is 0.0601 e. The number of alkyl halides is 1. The predicted octanol–water partition coefficient (Wildman–Crippen LogP) is 1.17. The first-order chi connectivity index (χ1) is 6.77. The second kappa shape index (κ2) is 11.2. The van der Waals surface area contributed by atoms with Crippen molar-refractivity contribution in [2.24, 2.45) is 0 Å². The van der Waals surface area contributed by atoms with E-state index in [1.807, 2.05) is 0 Å². The van der Waals surface area contributed by atoms with Crippen molar-refractivity contribution in [3.63, 3.8) is 0 Å². The molecule has 0 spiro atoms. The molecule has 0 aromatic heterocycles. The van der Waals surface area contributed by atoms with E-state index in [2.05, 4.69) is 24.3 Å². The van der Waals surface area contributed by atoms with Crippen molar-refractivity contribution in [2.45, 2.75) is 12.8 Å². The summed E-state index contributed by atoms with van der Waals surface area (Å²) in [5.74, 6) is 0.594. The van der Waals surface area contributed by atoms with Gasteiger partial charge in [0.15, 0.2) is 0 Å². The highest BCUT2D eigenvalue weighted by molar-refractivity contribution is 6.17. The molecule has 0 aliphatic rings. The van der Waals surface area contributed by atoms with Gasteiger partial charge in [0.05, 0.1) is 6.61 Å². The monoisotopic (exact) mass is 222 g/mol. The Kier molecular flexibility index (Phi) is 11.4. The third-order valence-electron chi connectivity index (χ3n) is 1.82. The van der Waals surface area contributed by atoms with E-state index >= 15 is 0 Å². The van der Waals surface area contributed by atoms with E-state index in [0.29, 0.717) is 12.5 Å². The van der Waals surface area contributed by atoms with Crippen molar-refractivity contribution in [3.8, 4) is 0 Å². The van der Waals surface area contributed by atoms with Crippen molar-refractivity contribution in [3.05, 3.63) is 0 Å². The van der Waals surface area contributed by atoms with E-state index in [9.17, 15) is 0 Å². The maximum absolute atomic E-state index is 5.47. The maximum atomic E-state index is 5.47. The topological polar surface area (TPSA) is 24.5 Å². The standard InChI is InChI=1S/C10H23ClN2O/c1-13(2)8-3-6-12-7-4-9-14-10-5-11/h12H,3-10H2,1-2H3. The van der Waals surface area contributed by atoms with Crippen LogP contribution in [0.5, 0.6) is 0 Å². The molecule has 3 nitrogen and oxygen atoms in total. The lowest BCUT2D eigenvalue weighted by Crippen LogP contribution is -2.22. The van der Waals surface area contributed by atoms with E-state index in [1.165, 1.54) is 6.42 Å². The highest BCUT2D eigenvalue weighted by Crippen LogP contribution is 1.84. The summed E-state index contributed by atoms with van der Waals surface area (Å²) in [6, 6.07) is 0. The highest BCUT2D eigenvalue weighted by atomic mass is 35.5. The van der Waals surface area contributed by atoms with E-state index in [1.54, 1.807) is 0 Å². The molecule has 0 aromatic rings. The van der Waals surface area contributed by atoms with Crippen molar-refractivity contribution >= 4 is 11.6 Å². The average molecular weight is 223 g/mol. The van der Waals surface area contributed by atoms with Crippen LogP contribution in [0.1, 0.15) is 12.8 Å². The first kappa shape index (κ1) is 14.2. The first-order valence-electron chi connectivity index (χ1n) is 5.26. The van der Waals surface area contributed by atoms with Crippen LogP contribution in [-0.2, 0) is 4.74 Å². The summed E-state index contributed by atoms with van der Waals surface area (Å²) in [7, 11) is 4.19. The van der Waals surface area contributed by atoms with Crippen LogP contribution in [0.15, 0.2) is 0 Å². The Morgan fingerprint density at radius 2 is 1.86 bits per heavy atom. The lowest BCUT2D eigenvalue weighted by Gasteiger charge is -2.09. The van der Waals surface area contributed by atoms with E-state index in [0.717, 1.165) is 32.7 Å². The molecule has 0 bridgehead atoms. The maximum Gasteiger partial charge on any atom is 0.0601 e. The summed E-state index contributed by atoms with van der Waals surface area (Å²) >= 11 is 5.47. The molecule has 0 saturated carbocycles. The van der Waals surface area contributed by atoms with E-state index < -0.39 is 0 Å². The number of ether oxygens (including phenoxy) is 1. The molecule has 0 aliphatic carbocycles. The van der Waals surface area contributed by atoms with E-state index in [-0.39, 0.29) is 0 Å². The zero-order valence-corrected chi connectivity index (χ0v) is 10.1. The van der Waals surface area contributed by atoms with Crippen LogP contribution in [0.4, 0.5) is 0 Å². The minimum Gasteiger partial charge on any atom is -0.380 e. The fourth-order valence-electron chi connectivity index (χ4n) is 1.10. The molecule has 4 heteroatoms. The Morgan fingerprint density at radius 1 is 1.14 bits per heavy atom. The second-order valence-corrected chi connectivity index (χ2v) is 3.94. The minimum atomic E-state index is 0.594. The van der Waals surface area contributed by atoms with Crippen LogP contribution in [-0.4, -0.2) is 57.7 Å². The molecule has 86 valence electrons. The first-order valence-corrected chi connectivity index (χ1v) is 5.80. The quantitative estimate of drug-likeness (QED) is 0.444. The van der Waals surface area contributed by atoms with Gasteiger partial charge in [0.2, 0.25) is 0 Å². The van der Waals surface area contributed by atoms with Crippen LogP contribution in [0.2, 0.25) is 0 Å². The Hall–Kier alpha value is 0.170. The van der Waals surface area contributed by atoms with Crippen LogP contribution in [0, 0.1) is 0 Å². The van der Waals surface area contributed by atoms with Crippen molar-refractivity contribution in [2.75, 3.05) is 52.8 Å². The van der Waals surface area contributed by atoms with E-state index in [4.69, 9.17) is 16.3 Å². The van der Waals surface area contributed by atoms with Crippen molar-refractivity contribution in [1.82, 2.24) is 10.2 Å². The van der Waals surface area contributed by atoms with Gasteiger partial charge in [-0.3, -0.25) is 0 Å². The highest BCUT2D eigenvalue weighted by Gasteiger charge is 1.91. The molecular weight excluding hydrogens is 200 g/mol. The summed E-state index contributed by atoms with van der Waals surface area (Å²) in [4.78, 5) is 2.20. The van der Waals surface area contributed by atoms with Gasteiger partial charge in [0.25, 0.3) is 0 Å². The van der Waals surface area contributed by atoms with Crippen molar-refractivity contribution < 1.29 is 4.74 Å². The number of hydrogen-bond acceptors (Lipinski definition) is 3. The molecule has 0 radical (unpaired) electrons. The van der Waals surface area contributed by atoms with Crippen LogP contribution in [0.3, 0.4) is 0 Å². The minimum absolute atomic E-state index is 0.594. The van der Waals surface area contributed by atoms with Gasteiger partial charge in [0, 0.05) is 12.5 Å². The van der Waals surface area contributed by atoms with Crippen LogP contribution in [0.25, 0.3) is 0 Å². The lowest BCUT2D eigenvalue weighted by atomic mass is 10.4. The molecule has 0 rings (SSSR count). The van der Waals surface area contributed by atoms with Gasteiger partial charge >= 0.3 is 0 Å². The fourth-order valence-corrected chi connectivity index (χ4v) is 1.21. The molecule has 0 fully saturated rings. The molecule has 0 heterocycles. The van der Waals surface area contributed by atoms with Gasteiger partial charge in [0.1, 0.15) is 0 Å². The van der Waals surface area contributed by atoms with Crippen LogP contribution >= 0.6 is 11.6 Å². The number of rotatable bonds is 10.